The molecule has 1 aromatic rings. The number of nitrogens with zero attached hydrogens (tertiary/aromatic N) is 1. The zero-order valence-electron chi connectivity index (χ0n) is 11.2. The molecule has 0 fully saturated rings. The molecule has 1 rings (SSSR count). The lowest BCUT2D eigenvalue weighted by Crippen LogP contribution is -2.33. The fourth-order valence-electron chi connectivity index (χ4n) is 1.47. The van der Waals surface area contributed by atoms with Crippen molar-refractivity contribution in [2.45, 2.75) is 18.7 Å². The summed E-state index contributed by atoms with van der Waals surface area (Å²) in [5, 5.41) is 8.77. The van der Waals surface area contributed by atoms with E-state index in [0.29, 0.717) is 0 Å². The van der Waals surface area contributed by atoms with Gasteiger partial charge in [-0.05, 0) is 13.8 Å². The number of esters is 1. The Kier molecular flexibility index (Phi) is 4.90. The molecule has 0 aliphatic carbocycles. The maximum Gasteiger partial charge on any atom is 0.371 e. The van der Waals surface area contributed by atoms with Gasteiger partial charge in [-0.2, -0.15) is 4.31 Å². The summed E-state index contributed by atoms with van der Waals surface area (Å²) in [6.07, 6.45) is 0. The summed E-state index contributed by atoms with van der Waals surface area (Å²) >= 11 is 0. The number of furan rings is 1. The Morgan fingerprint density at radius 3 is 2.50 bits per heavy atom. The quantitative estimate of drug-likeness (QED) is 0.760. The second-order valence-corrected chi connectivity index (χ2v) is 5.92. The van der Waals surface area contributed by atoms with Gasteiger partial charge in [0.1, 0.15) is 17.2 Å². The number of hydrogen-bond acceptors (Lipinski definition) is 6. The highest BCUT2D eigenvalue weighted by Crippen LogP contribution is 2.22. The molecule has 0 amide bonds. The zero-order chi connectivity index (χ0) is 15.5. The van der Waals surface area contributed by atoms with E-state index in [-0.39, 0.29) is 17.3 Å². The van der Waals surface area contributed by atoms with Gasteiger partial charge in [0.05, 0.1) is 6.61 Å². The zero-order valence-corrected chi connectivity index (χ0v) is 12.1. The van der Waals surface area contributed by atoms with Crippen LogP contribution in [0.25, 0.3) is 0 Å². The third-order valence-electron chi connectivity index (χ3n) is 2.43. The molecule has 0 saturated carbocycles. The molecular weight excluding hydrogens is 290 g/mol. The van der Waals surface area contributed by atoms with E-state index in [2.05, 4.69) is 4.74 Å². The van der Waals surface area contributed by atoms with Crippen molar-refractivity contribution in [2.75, 3.05) is 20.2 Å². The smallest absolute Gasteiger partial charge is 0.371 e. The van der Waals surface area contributed by atoms with E-state index < -0.39 is 34.3 Å². The van der Waals surface area contributed by atoms with Crippen LogP contribution >= 0.6 is 0 Å². The molecule has 0 aliphatic rings. The van der Waals surface area contributed by atoms with Crippen LogP contribution in [0.4, 0.5) is 0 Å². The number of likely N-dealkylation sites (N-methyl/N-ethyl adjacent to an activating group) is 1. The molecule has 0 radical (unpaired) electrons. The van der Waals surface area contributed by atoms with E-state index in [9.17, 15) is 18.0 Å². The molecule has 0 saturated heterocycles. The predicted octanol–water partition coefficient (Wildman–Crippen LogP) is 0.470. The van der Waals surface area contributed by atoms with Gasteiger partial charge in [-0.15, -0.1) is 0 Å². The van der Waals surface area contributed by atoms with E-state index in [4.69, 9.17) is 9.52 Å². The summed E-state index contributed by atoms with van der Waals surface area (Å²) in [5.74, 6) is -2.61. The van der Waals surface area contributed by atoms with Crippen LogP contribution in [0.1, 0.15) is 23.2 Å². The lowest BCUT2D eigenvalue weighted by Gasteiger charge is -2.15. The summed E-state index contributed by atoms with van der Waals surface area (Å²) in [4.78, 5) is 21.7. The molecule has 1 N–H and O–H groups in total. The summed E-state index contributed by atoms with van der Waals surface area (Å²) in [6, 6.07) is 0.911. The van der Waals surface area contributed by atoms with Gasteiger partial charge in [-0.3, -0.25) is 4.79 Å². The Morgan fingerprint density at radius 2 is 2.05 bits per heavy atom. The molecule has 8 nitrogen and oxygen atoms in total. The van der Waals surface area contributed by atoms with Gasteiger partial charge >= 0.3 is 11.9 Å². The monoisotopic (exact) mass is 305 g/mol. The number of carbonyl (C=O) groups excluding carboxylic acids is 1. The van der Waals surface area contributed by atoms with Crippen LogP contribution in [-0.4, -0.2) is 50.0 Å². The Balaban J connectivity index is 3.04. The molecule has 0 bridgehead atoms. The summed E-state index contributed by atoms with van der Waals surface area (Å²) in [6.45, 7) is 2.60. The fourth-order valence-corrected chi connectivity index (χ4v) is 2.74. The Morgan fingerprint density at radius 1 is 1.45 bits per heavy atom. The average molecular weight is 305 g/mol. The minimum atomic E-state index is -4.02. The number of hydrogen-bond donors (Lipinski definition) is 1. The molecular formula is C11H15NO7S. The number of carboxylic acid groups (broad SMARTS) is 1. The maximum absolute atomic E-state index is 12.2. The standard InChI is InChI=1S/C11H15NO7S/c1-4-18-10(13)6-12(3)20(16,17)9-5-8(11(14)15)19-7(9)2/h5H,4,6H2,1-3H3,(H,14,15). The van der Waals surface area contributed by atoms with Gasteiger partial charge in [-0.25, -0.2) is 13.2 Å². The van der Waals surface area contributed by atoms with Gasteiger partial charge in [0, 0.05) is 13.1 Å². The van der Waals surface area contributed by atoms with Crippen LogP contribution in [0.2, 0.25) is 0 Å². The lowest BCUT2D eigenvalue weighted by atomic mass is 10.4. The number of carbonyl (C=O) groups is 2. The first-order chi connectivity index (χ1) is 9.20. The highest BCUT2D eigenvalue weighted by molar-refractivity contribution is 7.89. The maximum atomic E-state index is 12.2. The molecule has 0 unspecified atom stereocenters. The van der Waals surface area contributed by atoms with Crippen molar-refractivity contribution in [3.63, 3.8) is 0 Å². The number of carboxylic acids is 1. The van der Waals surface area contributed by atoms with Gasteiger partial charge < -0.3 is 14.3 Å². The summed E-state index contributed by atoms with van der Waals surface area (Å²) in [5.41, 5.74) is 0. The molecule has 0 atom stereocenters. The number of aryl methyl sites for hydroxylation is 1. The van der Waals surface area contributed by atoms with Crippen molar-refractivity contribution in [3.8, 4) is 0 Å². The topological polar surface area (TPSA) is 114 Å². The van der Waals surface area contributed by atoms with Gasteiger partial charge in [0.2, 0.25) is 15.8 Å². The van der Waals surface area contributed by atoms with Gasteiger partial charge in [0.25, 0.3) is 0 Å². The van der Waals surface area contributed by atoms with Gasteiger partial charge in [0.15, 0.2) is 0 Å². The highest BCUT2D eigenvalue weighted by Gasteiger charge is 2.29. The van der Waals surface area contributed by atoms with Crippen LogP contribution in [-0.2, 0) is 19.6 Å². The van der Waals surface area contributed by atoms with Crippen molar-refractivity contribution >= 4 is 22.0 Å². The molecule has 1 heterocycles. The van der Waals surface area contributed by atoms with E-state index in [1.807, 2.05) is 0 Å². The highest BCUT2D eigenvalue weighted by atomic mass is 32.2. The first-order valence-electron chi connectivity index (χ1n) is 5.65. The predicted molar refractivity (Wildman–Crippen MR) is 66.9 cm³/mol. The SMILES string of the molecule is CCOC(=O)CN(C)S(=O)(=O)c1cc(C(=O)O)oc1C. The minimum Gasteiger partial charge on any atom is -0.475 e. The second-order valence-electron chi connectivity index (χ2n) is 3.90. The third-order valence-corrected chi connectivity index (χ3v) is 4.34. The number of aromatic carboxylic acids is 1. The van der Waals surface area contributed by atoms with Gasteiger partial charge in [-0.1, -0.05) is 0 Å². The van der Waals surface area contributed by atoms with E-state index in [1.165, 1.54) is 14.0 Å². The van der Waals surface area contributed by atoms with Crippen molar-refractivity contribution in [3.05, 3.63) is 17.6 Å². The number of rotatable bonds is 6. The molecule has 0 aliphatic heterocycles. The van der Waals surface area contributed by atoms with Crippen molar-refractivity contribution in [2.24, 2.45) is 0 Å². The Labute approximate surface area is 116 Å². The van der Waals surface area contributed by atoms with Crippen LogP contribution < -0.4 is 0 Å². The minimum absolute atomic E-state index is 0.0573. The van der Waals surface area contributed by atoms with Crippen molar-refractivity contribution in [1.82, 2.24) is 4.31 Å². The largest absolute Gasteiger partial charge is 0.475 e. The Hall–Kier alpha value is -1.87. The first-order valence-corrected chi connectivity index (χ1v) is 7.09. The molecule has 112 valence electrons. The lowest BCUT2D eigenvalue weighted by molar-refractivity contribution is -0.143. The number of ether oxygens (including phenoxy) is 1. The van der Waals surface area contributed by atoms with Crippen LogP contribution in [0, 0.1) is 6.92 Å². The van der Waals surface area contributed by atoms with Crippen LogP contribution in [0.15, 0.2) is 15.4 Å². The molecule has 20 heavy (non-hydrogen) atoms. The number of sulfonamides is 1. The second kappa shape index (κ2) is 6.06. The first kappa shape index (κ1) is 16.2. The third kappa shape index (κ3) is 3.36. The van der Waals surface area contributed by atoms with Crippen LogP contribution in [0.5, 0.6) is 0 Å². The van der Waals surface area contributed by atoms with Crippen LogP contribution in [0.3, 0.4) is 0 Å². The normalized spacial score (nSPS) is 11.6. The van der Waals surface area contributed by atoms with Crippen molar-refractivity contribution in [1.29, 1.82) is 0 Å². The van der Waals surface area contributed by atoms with E-state index >= 15 is 0 Å². The van der Waals surface area contributed by atoms with E-state index in [0.717, 1.165) is 10.4 Å². The summed E-state index contributed by atoms with van der Waals surface area (Å²) < 4.78 is 34.7. The molecule has 0 aromatic carbocycles. The van der Waals surface area contributed by atoms with Crippen molar-refractivity contribution < 1.29 is 32.3 Å². The fraction of sp³-hybridized carbons (Fsp3) is 0.455. The molecule has 0 spiro atoms. The molecule has 1 aromatic heterocycles. The summed E-state index contributed by atoms with van der Waals surface area (Å²) in [7, 11) is -2.83. The average Bonchev–Trinajstić information content (AvgIpc) is 2.72. The van der Waals surface area contributed by atoms with E-state index in [1.54, 1.807) is 6.92 Å². The molecule has 9 heteroatoms. The Bertz CT molecular complexity index is 617.